The molecule has 1 aromatic carbocycles. The molecule has 0 saturated heterocycles. The van der Waals surface area contributed by atoms with E-state index in [4.69, 9.17) is 5.11 Å². The van der Waals surface area contributed by atoms with Crippen molar-refractivity contribution >= 4 is 12.0 Å². The number of rotatable bonds is 4. The van der Waals surface area contributed by atoms with Gasteiger partial charge in [-0.2, -0.15) is 0 Å². The summed E-state index contributed by atoms with van der Waals surface area (Å²) in [7, 11) is 0. The number of carboxylic acids is 1. The number of benzene rings is 1. The molecule has 0 aliphatic carbocycles. The van der Waals surface area contributed by atoms with E-state index in [1.54, 1.807) is 19.2 Å². The van der Waals surface area contributed by atoms with Crippen LogP contribution in [0.5, 0.6) is 0 Å². The Labute approximate surface area is 142 Å². The SMILES string of the molecule is CC(=Cc1ccc(Cc2cccnc2)cc1)C(=O)O.[H-].[Na+]. The number of carbonyl (C=O) groups is 1. The van der Waals surface area contributed by atoms with Gasteiger partial charge in [0.1, 0.15) is 0 Å². The fourth-order valence-corrected chi connectivity index (χ4v) is 1.78. The molecule has 20 heavy (non-hydrogen) atoms. The third kappa shape index (κ3) is 4.93. The summed E-state index contributed by atoms with van der Waals surface area (Å²) in [5, 5.41) is 8.82. The first-order valence-electron chi connectivity index (χ1n) is 6.04. The first-order valence-corrected chi connectivity index (χ1v) is 6.04. The minimum absolute atomic E-state index is 0. The minimum Gasteiger partial charge on any atom is -1.00 e. The summed E-state index contributed by atoms with van der Waals surface area (Å²) in [6.45, 7) is 1.59. The second-order valence-corrected chi connectivity index (χ2v) is 4.41. The van der Waals surface area contributed by atoms with Gasteiger partial charge < -0.3 is 6.53 Å². The molecule has 0 amide bonds. The summed E-state index contributed by atoms with van der Waals surface area (Å²) >= 11 is 0. The van der Waals surface area contributed by atoms with Gasteiger partial charge in [-0.25, -0.2) is 4.79 Å². The molecular weight excluding hydrogens is 261 g/mol. The predicted molar refractivity (Wildman–Crippen MR) is 75.9 cm³/mol. The maximum absolute atomic E-state index is 10.7. The third-order valence-corrected chi connectivity index (χ3v) is 2.83. The van der Waals surface area contributed by atoms with Crippen molar-refractivity contribution in [3.05, 3.63) is 71.1 Å². The van der Waals surface area contributed by atoms with Crippen LogP contribution in [-0.2, 0) is 11.2 Å². The fraction of sp³-hybridized carbons (Fsp3) is 0.125. The van der Waals surface area contributed by atoms with Gasteiger partial charge in [0.05, 0.1) is 0 Å². The molecule has 2 aromatic rings. The molecule has 1 aromatic heterocycles. The average molecular weight is 277 g/mol. The summed E-state index contributed by atoms with van der Waals surface area (Å²) in [5.41, 5.74) is 3.57. The smallest absolute Gasteiger partial charge is 1.00 e. The Hall–Kier alpha value is -1.42. The molecule has 0 unspecified atom stereocenters. The van der Waals surface area contributed by atoms with Crippen LogP contribution in [0.25, 0.3) is 6.08 Å². The predicted octanol–water partition coefficient (Wildman–Crippen LogP) is 0.277. The summed E-state index contributed by atoms with van der Waals surface area (Å²) < 4.78 is 0. The maximum Gasteiger partial charge on any atom is 1.00 e. The third-order valence-electron chi connectivity index (χ3n) is 2.83. The van der Waals surface area contributed by atoms with E-state index in [9.17, 15) is 4.79 Å². The molecule has 0 aliphatic heterocycles. The zero-order chi connectivity index (χ0) is 13.7. The van der Waals surface area contributed by atoms with Gasteiger partial charge in [-0.15, -0.1) is 0 Å². The normalized spacial score (nSPS) is 10.8. The van der Waals surface area contributed by atoms with E-state index in [0.29, 0.717) is 5.57 Å². The largest absolute Gasteiger partial charge is 1.00 e. The molecule has 2 rings (SSSR count). The topological polar surface area (TPSA) is 50.2 Å². The Morgan fingerprint density at radius 3 is 2.50 bits per heavy atom. The standard InChI is InChI=1S/C16H15NO2.Na.H/c1-12(16(18)19)9-13-4-6-14(7-5-13)10-15-3-2-8-17-11-15;;/h2-9,11H,10H2,1H3,(H,18,19);;/q;+1;-1. The van der Waals surface area contributed by atoms with Crippen LogP contribution in [0, 0.1) is 0 Å². The van der Waals surface area contributed by atoms with E-state index < -0.39 is 5.97 Å². The summed E-state index contributed by atoms with van der Waals surface area (Å²) in [6.07, 6.45) is 6.10. The Morgan fingerprint density at radius 1 is 1.25 bits per heavy atom. The van der Waals surface area contributed by atoms with E-state index in [2.05, 4.69) is 4.98 Å². The van der Waals surface area contributed by atoms with Crippen LogP contribution < -0.4 is 29.6 Å². The van der Waals surface area contributed by atoms with Crippen molar-refractivity contribution in [3.8, 4) is 0 Å². The van der Waals surface area contributed by atoms with Gasteiger partial charge in [0.25, 0.3) is 0 Å². The number of aromatic nitrogens is 1. The zero-order valence-electron chi connectivity index (χ0n) is 12.7. The molecule has 1 N–H and O–H groups in total. The molecule has 4 heteroatoms. The van der Waals surface area contributed by atoms with E-state index in [1.807, 2.05) is 42.6 Å². The van der Waals surface area contributed by atoms with Crippen LogP contribution in [0.15, 0.2) is 54.4 Å². The number of aliphatic carboxylic acids is 1. The molecule has 0 spiro atoms. The molecule has 3 nitrogen and oxygen atoms in total. The fourth-order valence-electron chi connectivity index (χ4n) is 1.78. The molecule has 0 fully saturated rings. The van der Waals surface area contributed by atoms with Crippen molar-refractivity contribution in [2.45, 2.75) is 13.3 Å². The van der Waals surface area contributed by atoms with Gasteiger partial charge >= 0.3 is 35.5 Å². The van der Waals surface area contributed by atoms with Gasteiger partial charge in [0, 0.05) is 18.0 Å². The zero-order valence-corrected chi connectivity index (χ0v) is 13.7. The van der Waals surface area contributed by atoms with Crippen molar-refractivity contribution in [2.24, 2.45) is 0 Å². The summed E-state index contributed by atoms with van der Waals surface area (Å²) in [4.78, 5) is 14.8. The maximum atomic E-state index is 10.7. The molecule has 0 atom stereocenters. The minimum atomic E-state index is -0.889. The Bertz CT molecular complexity index is 597. The van der Waals surface area contributed by atoms with Crippen LogP contribution in [0.1, 0.15) is 25.0 Å². The first kappa shape index (κ1) is 16.6. The van der Waals surface area contributed by atoms with Gasteiger partial charge in [-0.1, -0.05) is 30.3 Å². The number of hydrogen-bond donors (Lipinski definition) is 1. The Morgan fingerprint density at radius 2 is 1.95 bits per heavy atom. The van der Waals surface area contributed by atoms with Crippen molar-refractivity contribution < 1.29 is 40.9 Å². The van der Waals surface area contributed by atoms with Gasteiger partial charge in [-0.3, -0.25) is 4.98 Å². The van der Waals surface area contributed by atoms with Crippen LogP contribution in [0.4, 0.5) is 0 Å². The van der Waals surface area contributed by atoms with Crippen molar-refractivity contribution in [3.63, 3.8) is 0 Å². The quantitative estimate of drug-likeness (QED) is 0.645. The average Bonchev–Trinajstić information content (AvgIpc) is 2.42. The Kier molecular flexibility index (Phi) is 6.65. The van der Waals surface area contributed by atoms with Crippen LogP contribution in [-0.4, -0.2) is 16.1 Å². The second-order valence-electron chi connectivity index (χ2n) is 4.41. The van der Waals surface area contributed by atoms with E-state index >= 15 is 0 Å². The van der Waals surface area contributed by atoms with Gasteiger partial charge in [0.15, 0.2) is 0 Å². The molecular formula is C16H16NNaO2. The monoisotopic (exact) mass is 277 g/mol. The number of carboxylic acid groups (broad SMARTS) is 1. The van der Waals surface area contributed by atoms with Crippen LogP contribution >= 0.6 is 0 Å². The van der Waals surface area contributed by atoms with Crippen LogP contribution in [0.3, 0.4) is 0 Å². The first-order chi connectivity index (χ1) is 9.15. The Balaban J connectivity index is 0.00000200. The van der Waals surface area contributed by atoms with Gasteiger partial charge in [0.2, 0.25) is 0 Å². The van der Waals surface area contributed by atoms with Gasteiger partial charge in [-0.05, 0) is 42.2 Å². The second kappa shape index (κ2) is 8.00. The summed E-state index contributed by atoms with van der Waals surface area (Å²) in [5.74, 6) is -0.889. The van der Waals surface area contributed by atoms with E-state index in [0.717, 1.165) is 17.5 Å². The van der Waals surface area contributed by atoms with Crippen molar-refractivity contribution in [1.29, 1.82) is 0 Å². The van der Waals surface area contributed by atoms with E-state index in [1.165, 1.54) is 5.56 Å². The van der Waals surface area contributed by atoms with Crippen molar-refractivity contribution in [2.75, 3.05) is 0 Å². The number of pyridine rings is 1. The molecule has 0 saturated carbocycles. The summed E-state index contributed by atoms with van der Waals surface area (Å²) in [6, 6.07) is 11.8. The molecule has 0 aliphatic rings. The molecule has 0 bridgehead atoms. The molecule has 0 radical (unpaired) electrons. The number of hydrogen-bond acceptors (Lipinski definition) is 2. The molecule has 98 valence electrons. The van der Waals surface area contributed by atoms with E-state index in [-0.39, 0.29) is 31.0 Å². The molecule has 1 heterocycles. The van der Waals surface area contributed by atoms with Crippen LogP contribution in [0.2, 0.25) is 0 Å². The van der Waals surface area contributed by atoms with Crippen molar-refractivity contribution in [1.82, 2.24) is 4.98 Å². The number of nitrogens with zero attached hydrogens (tertiary/aromatic N) is 1.